The molecule has 4 heteroatoms. The predicted molar refractivity (Wildman–Crippen MR) is 60.7 cm³/mol. The van der Waals surface area contributed by atoms with Crippen LogP contribution in [0.25, 0.3) is 0 Å². The average Bonchev–Trinajstić information content (AvgIpc) is 2.65. The van der Waals surface area contributed by atoms with Gasteiger partial charge >= 0.3 is 11.9 Å². The summed E-state index contributed by atoms with van der Waals surface area (Å²) in [5.41, 5.74) is -0.0137. The molecular weight excluding hydrogens is 220 g/mol. The highest BCUT2D eigenvalue weighted by Gasteiger charge is 2.49. The molecule has 0 aliphatic carbocycles. The maximum atomic E-state index is 11.8. The first-order valence-corrected chi connectivity index (χ1v) is 5.52. The quantitative estimate of drug-likeness (QED) is 0.591. The highest BCUT2D eigenvalue weighted by molar-refractivity contribution is 6.01. The van der Waals surface area contributed by atoms with Crippen LogP contribution in [0.1, 0.15) is 25.3 Å². The molecule has 0 amide bonds. The van der Waals surface area contributed by atoms with Gasteiger partial charge in [0.05, 0.1) is 13.5 Å². The number of ether oxygens (including phenoxy) is 2. The Kier molecular flexibility index (Phi) is 2.88. The third kappa shape index (κ3) is 1.79. The molecule has 1 aromatic rings. The summed E-state index contributed by atoms with van der Waals surface area (Å²) in [5.74, 6) is -0.180. The molecule has 1 aromatic carbocycles. The minimum atomic E-state index is -0.816. The van der Waals surface area contributed by atoms with Gasteiger partial charge in [-0.1, -0.05) is 19.1 Å². The molecule has 0 N–H and O–H groups in total. The zero-order valence-electron chi connectivity index (χ0n) is 9.86. The first-order valence-electron chi connectivity index (χ1n) is 5.52. The summed E-state index contributed by atoms with van der Waals surface area (Å²) in [5, 5.41) is 0. The molecule has 0 saturated carbocycles. The number of rotatable bonds is 3. The summed E-state index contributed by atoms with van der Waals surface area (Å²) >= 11 is 0. The molecule has 17 heavy (non-hydrogen) atoms. The van der Waals surface area contributed by atoms with Gasteiger partial charge in [0.25, 0.3) is 0 Å². The number of cyclic esters (lactones) is 2. The molecule has 1 heterocycles. The zero-order valence-corrected chi connectivity index (χ0v) is 9.86. The van der Waals surface area contributed by atoms with Crippen molar-refractivity contribution in [1.82, 2.24) is 0 Å². The van der Waals surface area contributed by atoms with Crippen molar-refractivity contribution in [2.45, 2.75) is 25.2 Å². The Hall–Kier alpha value is -1.84. The second-order valence-corrected chi connectivity index (χ2v) is 4.10. The lowest BCUT2D eigenvalue weighted by Gasteiger charge is -2.22. The van der Waals surface area contributed by atoms with Crippen molar-refractivity contribution in [3.05, 3.63) is 29.8 Å². The molecule has 1 atom stereocenters. The summed E-state index contributed by atoms with van der Waals surface area (Å²) in [6.45, 7) is 1.88. The molecule has 0 bridgehead atoms. The molecular formula is C13H14O4. The van der Waals surface area contributed by atoms with Gasteiger partial charge in [-0.25, -0.2) is 0 Å². The van der Waals surface area contributed by atoms with E-state index in [-0.39, 0.29) is 6.42 Å². The second kappa shape index (κ2) is 4.20. The van der Waals surface area contributed by atoms with Crippen LogP contribution in [0.4, 0.5) is 0 Å². The molecule has 0 spiro atoms. The smallest absolute Gasteiger partial charge is 0.324 e. The lowest BCUT2D eigenvalue weighted by molar-refractivity contribution is -0.153. The summed E-state index contributed by atoms with van der Waals surface area (Å²) in [6, 6.07) is 7.18. The van der Waals surface area contributed by atoms with Crippen molar-refractivity contribution < 1.29 is 19.1 Å². The topological polar surface area (TPSA) is 52.6 Å². The largest absolute Gasteiger partial charge is 0.497 e. The maximum Gasteiger partial charge on any atom is 0.324 e. The van der Waals surface area contributed by atoms with Crippen LogP contribution in [0.3, 0.4) is 0 Å². The third-order valence-electron chi connectivity index (χ3n) is 3.29. The number of esters is 2. The van der Waals surface area contributed by atoms with Crippen molar-refractivity contribution in [2.75, 3.05) is 7.11 Å². The Morgan fingerprint density at radius 2 is 1.94 bits per heavy atom. The van der Waals surface area contributed by atoms with Crippen LogP contribution < -0.4 is 4.74 Å². The number of carbonyl (C=O) groups excluding carboxylic acids is 2. The van der Waals surface area contributed by atoms with Crippen molar-refractivity contribution in [3.8, 4) is 5.75 Å². The van der Waals surface area contributed by atoms with Gasteiger partial charge in [-0.05, 0) is 24.1 Å². The van der Waals surface area contributed by atoms with Crippen LogP contribution in [-0.4, -0.2) is 19.0 Å². The number of methoxy groups -OCH3 is 1. The van der Waals surface area contributed by atoms with Gasteiger partial charge in [0, 0.05) is 0 Å². The Balaban J connectivity index is 2.41. The summed E-state index contributed by atoms with van der Waals surface area (Å²) in [7, 11) is 1.58. The van der Waals surface area contributed by atoms with Crippen molar-refractivity contribution in [1.29, 1.82) is 0 Å². The fourth-order valence-electron chi connectivity index (χ4n) is 2.16. The van der Waals surface area contributed by atoms with Gasteiger partial charge in [0.15, 0.2) is 0 Å². The lowest BCUT2D eigenvalue weighted by atomic mass is 9.77. The van der Waals surface area contributed by atoms with Crippen LogP contribution in [0.5, 0.6) is 5.75 Å². The van der Waals surface area contributed by atoms with Crippen LogP contribution >= 0.6 is 0 Å². The van der Waals surface area contributed by atoms with Crippen molar-refractivity contribution in [3.63, 3.8) is 0 Å². The third-order valence-corrected chi connectivity index (χ3v) is 3.29. The highest BCUT2D eigenvalue weighted by Crippen LogP contribution is 2.38. The number of benzene rings is 1. The van der Waals surface area contributed by atoms with E-state index in [1.165, 1.54) is 0 Å². The Bertz CT molecular complexity index is 449. The van der Waals surface area contributed by atoms with E-state index in [0.717, 1.165) is 11.3 Å². The second-order valence-electron chi connectivity index (χ2n) is 4.10. The van der Waals surface area contributed by atoms with E-state index in [0.29, 0.717) is 6.42 Å². The monoisotopic (exact) mass is 234 g/mol. The van der Waals surface area contributed by atoms with Gasteiger partial charge in [-0.3, -0.25) is 9.59 Å². The van der Waals surface area contributed by atoms with E-state index in [9.17, 15) is 9.59 Å². The number of hydrogen-bond acceptors (Lipinski definition) is 4. The number of carbonyl (C=O) groups is 2. The molecule has 1 aliphatic rings. The summed E-state index contributed by atoms with van der Waals surface area (Å²) < 4.78 is 9.73. The van der Waals surface area contributed by atoms with E-state index in [1.54, 1.807) is 19.2 Å². The van der Waals surface area contributed by atoms with Gasteiger partial charge in [-0.2, -0.15) is 0 Å². The molecule has 1 fully saturated rings. The summed E-state index contributed by atoms with van der Waals surface area (Å²) in [4.78, 5) is 23.1. The molecule has 2 rings (SSSR count). The SMILES string of the molecule is CCC1(c2ccc(OC)cc2)CC(=O)OC1=O. The predicted octanol–water partition coefficient (Wildman–Crippen LogP) is 1.82. The van der Waals surface area contributed by atoms with Gasteiger partial charge in [-0.15, -0.1) is 0 Å². The maximum absolute atomic E-state index is 11.8. The Labute approximate surface area is 99.5 Å². The standard InChI is InChI=1S/C13H14O4/c1-3-13(8-11(14)17-12(13)15)9-4-6-10(16-2)7-5-9/h4-7H,3,8H2,1-2H3. The molecule has 0 aromatic heterocycles. The molecule has 1 unspecified atom stereocenters. The first-order chi connectivity index (χ1) is 8.12. The molecule has 1 aliphatic heterocycles. The van der Waals surface area contributed by atoms with Gasteiger partial charge < -0.3 is 9.47 Å². The van der Waals surface area contributed by atoms with E-state index in [1.807, 2.05) is 19.1 Å². The minimum Gasteiger partial charge on any atom is -0.497 e. The average molecular weight is 234 g/mol. The van der Waals surface area contributed by atoms with Gasteiger partial charge in [0.2, 0.25) is 0 Å². The molecule has 1 saturated heterocycles. The van der Waals surface area contributed by atoms with Crippen LogP contribution in [-0.2, 0) is 19.7 Å². The fourth-order valence-corrected chi connectivity index (χ4v) is 2.16. The molecule has 0 radical (unpaired) electrons. The van der Waals surface area contributed by atoms with Crippen LogP contribution in [0.2, 0.25) is 0 Å². The molecule has 4 nitrogen and oxygen atoms in total. The first kappa shape index (κ1) is 11.6. The minimum absolute atomic E-state index is 0.120. The Morgan fingerprint density at radius 1 is 1.29 bits per heavy atom. The van der Waals surface area contributed by atoms with Crippen LogP contribution in [0.15, 0.2) is 24.3 Å². The van der Waals surface area contributed by atoms with Crippen LogP contribution in [0, 0.1) is 0 Å². The van der Waals surface area contributed by atoms with E-state index < -0.39 is 17.4 Å². The number of hydrogen-bond donors (Lipinski definition) is 0. The highest BCUT2D eigenvalue weighted by atomic mass is 16.6. The van der Waals surface area contributed by atoms with Gasteiger partial charge in [0.1, 0.15) is 11.2 Å². The van der Waals surface area contributed by atoms with Crippen molar-refractivity contribution >= 4 is 11.9 Å². The van der Waals surface area contributed by atoms with Crippen molar-refractivity contribution in [2.24, 2.45) is 0 Å². The van der Waals surface area contributed by atoms with E-state index >= 15 is 0 Å². The summed E-state index contributed by atoms with van der Waals surface area (Å²) in [6.07, 6.45) is 0.665. The molecule has 90 valence electrons. The Morgan fingerprint density at radius 3 is 2.35 bits per heavy atom. The fraction of sp³-hybridized carbons (Fsp3) is 0.385. The van der Waals surface area contributed by atoms with E-state index in [2.05, 4.69) is 4.74 Å². The van der Waals surface area contributed by atoms with E-state index in [4.69, 9.17) is 4.74 Å². The zero-order chi connectivity index (χ0) is 12.5. The normalized spacial score (nSPS) is 23.6. The lowest BCUT2D eigenvalue weighted by Crippen LogP contribution is -2.30.